The van der Waals surface area contributed by atoms with Crippen LogP contribution in [0.4, 0.5) is 5.69 Å². The Bertz CT molecular complexity index is 588. The summed E-state index contributed by atoms with van der Waals surface area (Å²) in [6, 6.07) is 6.32. The maximum absolute atomic E-state index is 10.2. The number of hydrogen-bond acceptors (Lipinski definition) is 3. The fourth-order valence-corrected chi connectivity index (χ4v) is 2.90. The van der Waals surface area contributed by atoms with Gasteiger partial charge in [-0.05, 0) is 38.3 Å². The normalized spacial score (nSPS) is 24.7. The summed E-state index contributed by atoms with van der Waals surface area (Å²) in [6.45, 7) is 3.83. The Morgan fingerprint density at radius 2 is 2.11 bits per heavy atom. The molecule has 1 atom stereocenters. The van der Waals surface area contributed by atoms with Gasteiger partial charge in [0.2, 0.25) is 0 Å². The van der Waals surface area contributed by atoms with E-state index >= 15 is 0 Å². The van der Waals surface area contributed by atoms with Gasteiger partial charge >= 0.3 is 0 Å². The first-order valence-electron chi connectivity index (χ1n) is 6.94. The first kappa shape index (κ1) is 12.5. The quantitative estimate of drug-likeness (QED) is 0.854. The van der Waals surface area contributed by atoms with Crippen molar-refractivity contribution in [1.82, 2.24) is 9.55 Å². The summed E-state index contributed by atoms with van der Waals surface area (Å²) in [4.78, 5) is 6.88. The van der Waals surface area contributed by atoms with Gasteiger partial charge in [0, 0.05) is 20.1 Å². The van der Waals surface area contributed by atoms with E-state index in [2.05, 4.69) is 28.1 Å². The second kappa shape index (κ2) is 4.53. The van der Waals surface area contributed by atoms with Crippen molar-refractivity contribution in [2.75, 3.05) is 18.0 Å². The lowest BCUT2D eigenvalue weighted by Gasteiger charge is -2.24. The van der Waals surface area contributed by atoms with E-state index in [0.29, 0.717) is 0 Å². The van der Waals surface area contributed by atoms with Crippen LogP contribution in [0.2, 0.25) is 0 Å². The van der Waals surface area contributed by atoms with Gasteiger partial charge < -0.3 is 14.6 Å². The largest absolute Gasteiger partial charge is 0.390 e. The molecule has 1 N–H and O–H groups in total. The Morgan fingerprint density at radius 3 is 2.95 bits per heavy atom. The number of anilines is 1. The number of rotatable bonds is 1. The first-order chi connectivity index (χ1) is 9.07. The number of fused-ring (bicyclic) bond motifs is 1. The maximum atomic E-state index is 10.2. The molecule has 1 unspecified atom stereocenters. The van der Waals surface area contributed by atoms with Crippen LogP contribution in [0.1, 0.15) is 26.2 Å². The Morgan fingerprint density at radius 1 is 1.26 bits per heavy atom. The van der Waals surface area contributed by atoms with Gasteiger partial charge in [-0.3, -0.25) is 0 Å². The Kier molecular flexibility index (Phi) is 2.97. The van der Waals surface area contributed by atoms with Crippen molar-refractivity contribution in [1.29, 1.82) is 0 Å². The average molecular weight is 259 g/mol. The molecule has 1 fully saturated rings. The summed E-state index contributed by atoms with van der Waals surface area (Å²) in [5.41, 5.74) is 2.89. The van der Waals surface area contributed by atoms with Crippen LogP contribution in [-0.4, -0.2) is 33.3 Å². The van der Waals surface area contributed by atoms with E-state index in [4.69, 9.17) is 0 Å². The van der Waals surface area contributed by atoms with Gasteiger partial charge in [-0.25, -0.2) is 4.98 Å². The topological polar surface area (TPSA) is 41.3 Å². The van der Waals surface area contributed by atoms with Crippen LogP contribution in [0.15, 0.2) is 24.5 Å². The molecule has 4 nitrogen and oxygen atoms in total. The molecule has 4 heteroatoms. The first-order valence-corrected chi connectivity index (χ1v) is 6.94. The molecule has 1 aromatic heterocycles. The molecule has 1 aliphatic heterocycles. The third-order valence-corrected chi connectivity index (χ3v) is 4.14. The molecule has 19 heavy (non-hydrogen) atoms. The molecule has 0 saturated carbocycles. The minimum atomic E-state index is -0.521. The summed E-state index contributed by atoms with van der Waals surface area (Å²) >= 11 is 0. The van der Waals surface area contributed by atoms with Crippen molar-refractivity contribution in [2.24, 2.45) is 7.05 Å². The Labute approximate surface area is 113 Å². The number of para-hydroxylation sites is 1. The highest BCUT2D eigenvalue weighted by molar-refractivity contribution is 5.88. The van der Waals surface area contributed by atoms with E-state index in [-0.39, 0.29) is 0 Å². The van der Waals surface area contributed by atoms with Crippen LogP contribution >= 0.6 is 0 Å². The second-order valence-corrected chi connectivity index (χ2v) is 5.84. The van der Waals surface area contributed by atoms with E-state index in [9.17, 15) is 5.11 Å². The van der Waals surface area contributed by atoms with E-state index < -0.39 is 5.60 Å². The lowest BCUT2D eigenvalue weighted by Crippen LogP contribution is -2.28. The number of aromatic nitrogens is 2. The number of nitrogens with zero attached hydrogens (tertiary/aromatic N) is 3. The average Bonchev–Trinajstić information content (AvgIpc) is 2.65. The molecule has 1 aliphatic rings. The van der Waals surface area contributed by atoms with Gasteiger partial charge in [0.15, 0.2) is 0 Å². The standard InChI is InChI=1S/C15H21N3O/c1-15(19)7-4-9-18(10-8-15)13-6-3-5-12-14(13)16-11-17(12)2/h3,5-6,11,19H,4,7-10H2,1-2H3. The van der Waals surface area contributed by atoms with Crippen LogP contribution in [0.5, 0.6) is 0 Å². The number of hydrogen-bond donors (Lipinski definition) is 1. The molecule has 1 aromatic carbocycles. The fourth-order valence-electron chi connectivity index (χ4n) is 2.90. The molecule has 0 bridgehead atoms. The Hall–Kier alpha value is -1.55. The molecule has 1 saturated heterocycles. The maximum Gasteiger partial charge on any atom is 0.112 e. The molecule has 0 amide bonds. The predicted molar refractivity (Wildman–Crippen MR) is 77.4 cm³/mol. The highest BCUT2D eigenvalue weighted by Crippen LogP contribution is 2.29. The van der Waals surface area contributed by atoms with Gasteiger partial charge in [-0.2, -0.15) is 0 Å². The SMILES string of the molecule is Cn1cnc2c(N3CCCC(C)(O)CC3)cccc21. The van der Waals surface area contributed by atoms with Gasteiger partial charge in [-0.1, -0.05) is 6.07 Å². The van der Waals surface area contributed by atoms with E-state index in [1.165, 1.54) is 5.69 Å². The highest BCUT2D eigenvalue weighted by Gasteiger charge is 2.25. The number of benzene rings is 1. The summed E-state index contributed by atoms with van der Waals surface area (Å²) in [5, 5.41) is 10.2. The van der Waals surface area contributed by atoms with Crippen molar-refractivity contribution in [3.63, 3.8) is 0 Å². The highest BCUT2D eigenvalue weighted by atomic mass is 16.3. The Balaban J connectivity index is 1.96. The monoisotopic (exact) mass is 259 g/mol. The van der Waals surface area contributed by atoms with E-state index in [0.717, 1.165) is 43.4 Å². The van der Waals surface area contributed by atoms with Crippen molar-refractivity contribution in [3.05, 3.63) is 24.5 Å². The molecular weight excluding hydrogens is 238 g/mol. The summed E-state index contributed by atoms with van der Waals surface area (Å²) in [7, 11) is 2.02. The van der Waals surface area contributed by atoms with Gasteiger partial charge in [0.05, 0.1) is 23.1 Å². The summed E-state index contributed by atoms with van der Waals surface area (Å²) in [5.74, 6) is 0. The van der Waals surface area contributed by atoms with Gasteiger partial charge in [0.1, 0.15) is 5.52 Å². The zero-order valence-electron chi connectivity index (χ0n) is 11.6. The number of imidazole rings is 1. The zero-order valence-corrected chi connectivity index (χ0v) is 11.6. The van der Waals surface area contributed by atoms with Crippen LogP contribution < -0.4 is 4.90 Å². The summed E-state index contributed by atoms with van der Waals surface area (Å²) < 4.78 is 2.05. The molecule has 0 radical (unpaired) electrons. The van der Waals surface area contributed by atoms with Crippen LogP contribution in [0, 0.1) is 0 Å². The third-order valence-electron chi connectivity index (χ3n) is 4.14. The molecular formula is C15H21N3O. The smallest absolute Gasteiger partial charge is 0.112 e. The fraction of sp³-hybridized carbons (Fsp3) is 0.533. The zero-order chi connectivity index (χ0) is 13.5. The predicted octanol–water partition coefficient (Wildman–Crippen LogP) is 2.31. The molecule has 0 spiro atoms. The van der Waals surface area contributed by atoms with Crippen molar-refractivity contribution >= 4 is 16.7 Å². The van der Waals surface area contributed by atoms with Crippen LogP contribution in [0.3, 0.4) is 0 Å². The van der Waals surface area contributed by atoms with Gasteiger partial charge in [0.25, 0.3) is 0 Å². The van der Waals surface area contributed by atoms with E-state index in [1.54, 1.807) is 0 Å². The van der Waals surface area contributed by atoms with Crippen LogP contribution in [-0.2, 0) is 7.05 Å². The summed E-state index contributed by atoms with van der Waals surface area (Å²) in [6.07, 6.45) is 4.58. The number of aliphatic hydroxyl groups is 1. The van der Waals surface area contributed by atoms with Gasteiger partial charge in [-0.15, -0.1) is 0 Å². The minimum absolute atomic E-state index is 0.521. The molecule has 2 aromatic rings. The second-order valence-electron chi connectivity index (χ2n) is 5.84. The molecule has 102 valence electrons. The van der Waals surface area contributed by atoms with Crippen LogP contribution in [0.25, 0.3) is 11.0 Å². The van der Waals surface area contributed by atoms with E-state index in [1.807, 2.05) is 24.9 Å². The minimum Gasteiger partial charge on any atom is -0.390 e. The number of aryl methyl sites for hydroxylation is 1. The van der Waals surface area contributed by atoms with Crippen molar-refractivity contribution < 1.29 is 5.11 Å². The molecule has 3 rings (SSSR count). The van der Waals surface area contributed by atoms with Crippen molar-refractivity contribution in [2.45, 2.75) is 31.8 Å². The lowest BCUT2D eigenvalue weighted by atomic mass is 9.98. The lowest BCUT2D eigenvalue weighted by molar-refractivity contribution is 0.0481. The molecule has 2 heterocycles. The third kappa shape index (κ3) is 2.32. The van der Waals surface area contributed by atoms with Crippen molar-refractivity contribution in [3.8, 4) is 0 Å². The molecule has 0 aliphatic carbocycles.